The maximum atomic E-state index is 4.71. The number of aromatic nitrogens is 4. The molecule has 2 heterocycles. The van der Waals surface area contributed by atoms with Crippen molar-refractivity contribution in [1.29, 1.82) is 0 Å². The minimum Gasteiger partial charge on any atom is -0.340 e. The van der Waals surface area contributed by atoms with Crippen molar-refractivity contribution in [3.63, 3.8) is 0 Å². The monoisotopic (exact) mass is 230 g/mol. The minimum absolute atomic E-state index is 0.967. The van der Waals surface area contributed by atoms with E-state index in [0.29, 0.717) is 0 Å². The van der Waals surface area contributed by atoms with E-state index in [9.17, 15) is 0 Å². The summed E-state index contributed by atoms with van der Waals surface area (Å²) in [5.74, 6) is 0.978. The van der Waals surface area contributed by atoms with Crippen LogP contribution in [0.4, 0.5) is 0 Å². The van der Waals surface area contributed by atoms with Crippen molar-refractivity contribution >= 4 is 0 Å². The predicted molar refractivity (Wildman–Crippen MR) is 66.8 cm³/mol. The number of rotatable bonds is 2. The lowest BCUT2D eigenvalue weighted by Gasteiger charge is -2.07. The average molecular weight is 230 g/mol. The highest BCUT2D eigenvalue weighted by molar-refractivity contribution is 5.52. The first-order valence-electron chi connectivity index (χ1n) is 6.39. The summed E-state index contributed by atoms with van der Waals surface area (Å²) in [6, 6.07) is 2.13. The van der Waals surface area contributed by atoms with E-state index in [1.54, 1.807) is 0 Å². The van der Waals surface area contributed by atoms with Gasteiger partial charge in [0.25, 0.3) is 0 Å². The molecule has 17 heavy (non-hydrogen) atoms. The summed E-state index contributed by atoms with van der Waals surface area (Å²) in [6.45, 7) is 2.12. The van der Waals surface area contributed by atoms with Crippen LogP contribution in [0.3, 0.4) is 0 Å². The summed E-state index contributed by atoms with van der Waals surface area (Å²) >= 11 is 0. The molecule has 0 saturated carbocycles. The minimum atomic E-state index is 0.967. The SMILES string of the molecule is CCc1cc(-c2nc3c([nH]2)CCCC3)n(C)n1. The molecule has 0 bridgehead atoms. The highest BCUT2D eigenvalue weighted by Gasteiger charge is 2.17. The van der Waals surface area contributed by atoms with Gasteiger partial charge in [0.1, 0.15) is 5.69 Å². The van der Waals surface area contributed by atoms with Gasteiger partial charge in [0.2, 0.25) is 0 Å². The largest absolute Gasteiger partial charge is 0.340 e. The number of hydrogen-bond donors (Lipinski definition) is 1. The van der Waals surface area contributed by atoms with E-state index in [4.69, 9.17) is 4.98 Å². The Morgan fingerprint density at radius 2 is 2.18 bits per heavy atom. The van der Waals surface area contributed by atoms with Crippen molar-refractivity contribution in [2.75, 3.05) is 0 Å². The van der Waals surface area contributed by atoms with Crippen LogP contribution in [-0.4, -0.2) is 19.7 Å². The zero-order valence-electron chi connectivity index (χ0n) is 10.5. The molecule has 0 unspecified atom stereocenters. The van der Waals surface area contributed by atoms with Crippen molar-refractivity contribution in [1.82, 2.24) is 19.7 Å². The molecule has 0 atom stereocenters. The lowest BCUT2D eigenvalue weighted by molar-refractivity contribution is 0.667. The van der Waals surface area contributed by atoms with Gasteiger partial charge in [-0.25, -0.2) is 4.98 Å². The molecule has 2 aromatic heterocycles. The maximum absolute atomic E-state index is 4.71. The molecular weight excluding hydrogens is 212 g/mol. The van der Waals surface area contributed by atoms with Gasteiger partial charge < -0.3 is 4.98 Å². The highest BCUT2D eigenvalue weighted by Crippen LogP contribution is 2.24. The van der Waals surface area contributed by atoms with Crippen molar-refractivity contribution < 1.29 is 0 Å². The Morgan fingerprint density at radius 1 is 1.35 bits per heavy atom. The van der Waals surface area contributed by atoms with Crippen LogP contribution in [-0.2, 0) is 26.3 Å². The molecule has 0 aromatic carbocycles. The molecule has 4 nitrogen and oxygen atoms in total. The molecule has 3 rings (SSSR count). The molecule has 2 aromatic rings. The Morgan fingerprint density at radius 3 is 2.88 bits per heavy atom. The Kier molecular flexibility index (Phi) is 2.50. The topological polar surface area (TPSA) is 46.5 Å². The van der Waals surface area contributed by atoms with E-state index >= 15 is 0 Å². The van der Waals surface area contributed by atoms with Crippen LogP contribution < -0.4 is 0 Å². The number of fused-ring (bicyclic) bond motifs is 1. The van der Waals surface area contributed by atoms with E-state index in [-0.39, 0.29) is 0 Å². The summed E-state index contributed by atoms with van der Waals surface area (Å²) in [7, 11) is 1.98. The fraction of sp³-hybridized carbons (Fsp3) is 0.538. The zero-order chi connectivity index (χ0) is 11.8. The lowest BCUT2D eigenvalue weighted by Crippen LogP contribution is -2.00. The van der Waals surface area contributed by atoms with Crippen molar-refractivity contribution in [2.45, 2.75) is 39.0 Å². The normalized spacial score (nSPS) is 14.9. The van der Waals surface area contributed by atoms with Crippen molar-refractivity contribution in [2.24, 2.45) is 7.05 Å². The highest BCUT2D eigenvalue weighted by atomic mass is 15.3. The molecule has 0 aliphatic heterocycles. The zero-order valence-corrected chi connectivity index (χ0v) is 10.5. The van der Waals surface area contributed by atoms with Gasteiger partial charge in [-0.15, -0.1) is 0 Å². The van der Waals surface area contributed by atoms with E-state index in [1.165, 1.54) is 24.2 Å². The van der Waals surface area contributed by atoms with E-state index < -0.39 is 0 Å². The molecule has 4 heteroatoms. The molecular formula is C13H18N4. The Bertz CT molecular complexity index is 512. The number of hydrogen-bond acceptors (Lipinski definition) is 2. The summed E-state index contributed by atoms with van der Waals surface area (Å²) in [5, 5.41) is 4.47. The number of nitrogens with zero attached hydrogens (tertiary/aromatic N) is 3. The summed E-state index contributed by atoms with van der Waals surface area (Å²) in [4.78, 5) is 8.17. The van der Waals surface area contributed by atoms with Gasteiger partial charge in [-0.3, -0.25) is 4.68 Å². The van der Waals surface area contributed by atoms with Gasteiger partial charge in [0.05, 0.1) is 11.4 Å². The first-order valence-corrected chi connectivity index (χ1v) is 6.39. The van der Waals surface area contributed by atoms with Gasteiger partial charge in [0.15, 0.2) is 5.82 Å². The van der Waals surface area contributed by atoms with Crippen LogP contribution in [0, 0.1) is 0 Å². The second kappa shape index (κ2) is 4.02. The molecule has 1 N–H and O–H groups in total. The quantitative estimate of drug-likeness (QED) is 0.860. The fourth-order valence-corrected chi connectivity index (χ4v) is 2.50. The van der Waals surface area contributed by atoms with Gasteiger partial charge in [-0.2, -0.15) is 5.10 Å². The third-order valence-electron chi connectivity index (χ3n) is 3.49. The van der Waals surface area contributed by atoms with Crippen molar-refractivity contribution in [3.05, 3.63) is 23.1 Å². The first kappa shape index (κ1) is 10.6. The second-order valence-electron chi connectivity index (χ2n) is 4.72. The Balaban J connectivity index is 2.02. The average Bonchev–Trinajstić information content (AvgIpc) is 2.91. The third-order valence-corrected chi connectivity index (χ3v) is 3.49. The van der Waals surface area contributed by atoms with E-state index in [0.717, 1.165) is 36.5 Å². The van der Waals surface area contributed by atoms with Crippen LogP contribution in [0.15, 0.2) is 6.07 Å². The molecule has 1 aliphatic carbocycles. The molecule has 1 aliphatic rings. The summed E-state index contributed by atoms with van der Waals surface area (Å²) < 4.78 is 1.92. The standard InChI is InChI=1S/C13H18N4/c1-3-9-8-12(17(2)16-9)13-14-10-6-4-5-7-11(10)15-13/h8H,3-7H2,1-2H3,(H,14,15). The second-order valence-corrected chi connectivity index (χ2v) is 4.72. The molecule has 0 fully saturated rings. The number of aryl methyl sites for hydroxylation is 4. The molecule has 0 amide bonds. The lowest BCUT2D eigenvalue weighted by atomic mass is 10.0. The number of imidazole rings is 1. The number of H-pyrrole nitrogens is 1. The van der Waals surface area contributed by atoms with Crippen LogP contribution >= 0.6 is 0 Å². The predicted octanol–water partition coefficient (Wildman–Crippen LogP) is 2.25. The Labute approximate surface area is 101 Å². The summed E-state index contributed by atoms with van der Waals surface area (Å²) in [5.41, 5.74) is 4.80. The molecule has 0 radical (unpaired) electrons. The Hall–Kier alpha value is -1.58. The summed E-state index contributed by atoms with van der Waals surface area (Å²) in [6.07, 6.45) is 5.77. The molecule has 90 valence electrons. The van der Waals surface area contributed by atoms with Gasteiger partial charge in [-0.05, 0) is 38.2 Å². The molecule has 0 saturated heterocycles. The number of aromatic amines is 1. The smallest absolute Gasteiger partial charge is 0.156 e. The maximum Gasteiger partial charge on any atom is 0.156 e. The fourth-order valence-electron chi connectivity index (χ4n) is 2.50. The third kappa shape index (κ3) is 1.77. The van der Waals surface area contributed by atoms with Gasteiger partial charge in [0, 0.05) is 12.7 Å². The van der Waals surface area contributed by atoms with Gasteiger partial charge >= 0.3 is 0 Å². The first-order chi connectivity index (χ1) is 8.28. The van der Waals surface area contributed by atoms with Crippen LogP contribution in [0.25, 0.3) is 11.5 Å². The van der Waals surface area contributed by atoms with Gasteiger partial charge in [-0.1, -0.05) is 6.92 Å². The number of nitrogens with one attached hydrogen (secondary N) is 1. The van der Waals surface area contributed by atoms with Crippen LogP contribution in [0.5, 0.6) is 0 Å². The van der Waals surface area contributed by atoms with Crippen LogP contribution in [0.2, 0.25) is 0 Å². The van der Waals surface area contributed by atoms with Crippen LogP contribution in [0.1, 0.15) is 36.8 Å². The van der Waals surface area contributed by atoms with Crippen molar-refractivity contribution in [3.8, 4) is 11.5 Å². The van der Waals surface area contributed by atoms with E-state index in [2.05, 4.69) is 23.1 Å². The van der Waals surface area contributed by atoms with E-state index in [1.807, 2.05) is 11.7 Å². The molecule has 0 spiro atoms.